The minimum absolute atomic E-state index is 0.0568. The average molecular weight is 403 g/mol. The molecule has 7 nitrogen and oxygen atoms in total. The number of nitrogens with zero attached hydrogens (tertiary/aromatic N) is 2. The lowest BCUT2D eigenvalue weighted by atomic mass is 10.3. The summed E-state index contributed by atoms with van der Waals surface area (Å²) in [5.41, 5.74) is 5.60. The van der Waals surface area contributed by atoms with Gasteiger partial charge in [0, 0.05) is 12.3 Å². The number of hydrazine groups is 1. The number of nitrogens with one attached hydrogen (secondary N) is 2. The molecule has 0 radical (unpaired) electrons. The predicted octanol–water partition coefficient (Wildman–Crippen LogP) is 2.75. The van der Waals surface area contributed by atoms with Crippen molar-refractivity contribution in [2.24, 2.45) is 0 Å². The van der Waals surface area contributed by atoms with Gasteiger partial charge in [-0.25, -0.2) is 9.37 Å². The van der Waals surface area contributed by atoms with Crippen molar-refractivity contribution in [3.8, 4) is 5.75 Å². The molecule has 0 spiro atoms. The fraction of sp³-hybridized carbons (Fsp3) is 0.105. The fourth-order valence-corrected chi connectivity index (χ4v) is 2.58. The van der Waals surface area contributed by atoms with E-state index in [0.29, 0.717) is 11.3 Å². The van der Waals surface area contributed by atoms with Crippen LogP contribution in [-0.4, -0.2) is 27.3 Å². The Bertz CT molecular complexity index is 1050. The summed E-state index contributed by atoms with van der Waals surface area (Å²) in [7, 11) is 0. The molecule has 2 aromatic heterocycles. The van der Waals surface area contributed by atoms with Gasteiger partial charge in [-0.05, 0) is 37.3 Å². The highest BCUT2D eigenvalue weighted by molar-refractivity contribution is 6.31. The molecule has 1 atom stereocenters. The Morgan fingerprint density at radius 1 is 1.21 bits per heavy atom. The fourth-order valence-electron chi connectivity index (χ4n) is 2.34. The second kappa shape index (κ2) is 8.53. The maximum atomic E-state index is 13.6. The SMILES string of the molecule is C[C@@H](Oc1ccccc1F)C(=O)NNC(=O)/C=C/c1c(Cl)nc2ccccn12. The molecule has 3 rings (SSSR count). The Balaban J connectivity index is 1.56. The van der Waals surface area contributed by atoms with E-state index in [1.165, 1.54) is 37.3 Å². The summed E-state index contributed by atoms with van der Waals surface area (Å²) in [6.45, 7) is 1.43. The van der Waals surface area contributed by atoms with Crippen LogP contribution in [0.3, 0.4) is 0 Å². The maximum absolute atomic E-state index is 13.6. The molecule has 0 unspecified atom stereocenters. The molecule has 0 aliphatic heterocycles. The van der Waals surface area contributed by atoms with E-state index in [9.17, 15) is 14.0 Å². The number of imidazole rings is 1. The number of hydrogen-bond acceptors (Lipinski definition) is 4. The quantitative estimate of drug-likeness (QED) is 0.507. The molecule has 0 saturated carbocycles. The number of pyridine rings is 1. The predicted molar refractivity (Wildman–Crippen MR) is 102 cm³/mol. The zero-order valence-corrected chi connectivity index (χ0v) is 15.5. The van der Waals surface area contributed by atoms with E-state index in [2.05, 4.69) is 15.8 Å². The van der Waals surface area contributed by atoms with E-state index in [1.807, 2.05) is 6.07 Å². The lowest BCUT2D eigenvalue weighted by molar-refractivity contribution is -0.131. The van der Waals surface area contributed by atoms with Crippen LogP contribution in [0, 0.1) is 5.82 Å². The molecule has 0 fully saturated rings. The van der Waals surface area contributed by atoms with E-state index in [-0.39, 0.29) is 10.9 Å². The molecule has 2 heterocycles. The smallest absolute Gasteiger partial charge is 0.279 e. The van der Waals surface area contributed by atoms with Crippen LogP contribution in [0.25, 0.3) is 11.7 Å². The van der Waals surface area contributed by atoms with Crippen LogP contribution in [0.2, 0.25) is 5.15 Å². The number of aromatic nitrogens is 2. The number of hydrogen-bond donors (Lipinski definition) is 2. The Morgan fingerprint density at radius 3 is 2.75 bits per heavy atom. The van der Waals surface area contributed by atoms with Gasteiger partial charge in [-0.1, -0.05) is 29.8 Å². The minimum Gasteiger partial charge on any atom is -0.478 e. The third-order valence-corrected chi connectivity index (χ3v) is 4.01. The number of rotatable bonds is 5. The van der Waals surface area contributed by atoms with Crippen molar-refractivity contribution in [3.63, 3.8) is 0 Å². The van der Waals surface area contributed by atoms with Crippen molar-refractivity contribution in [3.05, 3.63) is 71.4 Å². The summed E-state index contributed by atoms with van der Waals surface area (Å²) in [5, 5.41) is 0.242. The van der Waals surface area contributed by atoms with Gasteiger partial charge in [-0.2, -0.15) is 0 Å². The number of fused-ring (bicyclic) bond motifs is 1. The van der Waals surface area contributed by atoms with Crippen LogP contribution in [0.5, 0.6) is 5.75 Å². The van der Waals surface area contributed by atoms with E-state index in [4.69, 9.17) is 16.3 Å². The summed E-state index contributed by atoms with van der Waals surface area (Å²) in [6.07, 6.45) is 3.41. The van der Waals surface area contributed by atoms with Gasteiger partial charge in [0.1, 0.15) is 5.65 Å². The molecule has 9 heteroatoms. The Hall–Kier alpha value is -3.39. The highest BCUT2D eigenvalue weighted by Gasteiger charge is 2.16. The molecule has 144 valence electrons. The number of ether oxygens (including phenoxy) is 1. The zero-order valence-electron chi connectivity index (χ0n) is 14.7. The first-order valence-electron chi connectivity index (χ1n) is 8.27. The Kier molecular flexibility index (Phi) is 5.90. The third kappa shape index (κ3) is 4.47. The van der Waals surface area contributed by atoms with Gasteiger partial charge in [0.15, 0.2) is 22.8 Å². The molecule has 2 amide bonds. The second-order valence-corrected chi connectivity index (χ2v) is 6.08. The van der Waals surface area contributed by atoms with E-state index >= 15 is 0 Å². The number of carbonyl (C=O) groups excluding carboxylic acids is 2. The van der Waals surface area contributed by atoms with Crippen LogP contribution < -0.4 is 15.6 Å². The Labute approximate surface area is 164 Å². The van der Waals surface area contributed by atoms with Gasteiger partial charge in [-0.15, -0.1) is 0 Å². The first-order chi connectivity index (χ1) is 13.5. The highest BCUT2D eigenvalue weighted by atomic mass is 35.5. The largest absolute Gasteiger partial charge is 0.478 e. The van der Waals surface area contributed by atoms with E-state index in [0.717, 1.165) is 0 Å². The summed E-state index contributed by atoms with van der Waals surface area (Å²) in [4.78, 5) is 28.1. The van der Waals surface area contributed by atoms with Crippen LogP contribution in [0.4, 0.5) is 4.39 Å². The van der Waals surface area contributed by atoms with Gasteiger partial charge in [-0.3, -0.25) is 24.8 Å². The van der Waals surface area contributed by atoms with Crippen molar-refractivity contribution < 1.29 is 18.7 Å². The van der Waals surface area contributed by atoms with E-state index < -0.39 is 23.7 Å². The van der Waals surface area contributed by atoms with E-state index in [1.54, 1.807) is 28.8 Å². The molecule has 0 aliphatic carbocycles. The minimum atomic E-state index is -1.02. The van der Waals surface area contributed by atoms with Crippen molar-refractivity contribution in [2.45, 2.75) is 13.0 Å². The topological polar surface area (TPSA) is 84.7 Å². The normalized spacial score (nSPS) is 12.1. The summed E-state index contributed by atoms with van der Waals surface area (Å²) >= 11 is 6.08. The third-order valence-electron chi connectivity index (χ3n) is 3.73. The standard InChI is InChI=1S/C19H16ClFN4O3/c1-12(28-15-7-3-2-6-13(15)21)19(27)24-23-17(26)10-9-14-18(20)22-16-8-4-5-11-25(14)16/h2-12H,1H3,(H,23,26)(H,24,27)/b10-9+/t12-/m1/s1. The van der Waals surface area contributed by atoms with Gasteiger partial charge in [0.05, 0.1) is 5.69 Å². The first-order valence-corrected chi connectivity index (χ1v) is 8.65. The van der Waals surface area contributed by atoms with Crippen LogP contribution in [-0.2, 0) is 9.59 Å². The molecule has 1 aromatic carbocycles. The lowest BCUT2D eigenvalue weighted by Crippen LogP contribution is -2.46. The molecular weight excluding hydrogens is 387 g/mol. The summed E-state index contributed by atoms with van der Waals surface area (Å²) in [5.74, 6) is -1.87. The van der Waals surface area contributed by atoms with Crippen molar-refractivity contribution in [1.82, 2.24) is 20.2 Å². The van der Waals surface area contributed by atoms with Crippen molar-refractivity contribution >= 4 is 35.1 Å². The van der Waals surface area contributed by atoms with Crippen molar-refractivity contribution in [2.75, 3.05) is 0 Å². The van der Waals surface area contributed by atoms with Crippen LogP contribution in [0.15, 0.2) is 54.7 Å². The number of amides is 2. The van der Waals surface area contributed by atoms with Gasteiger partial charge in [0.25, 0.3) is 11.8 Å². The average Bonchev–Trinajstić information content (AvgIpc) is 3.01. The maximum Gasteiger partial charge on any atom is 0.279 e. The van der Waals surface area contributed by atoms with Gasteiger partial charge >= 0.3 is 0 Å². The molecule has 3 aromatic rings. The Morgan fingerprint density at radius 2 is 1.96 bits per heavy atom. The number of halogens is 2. The molecule has 28 heavy (non-hydrogen) atoms. The van der Waals surface area contributed by atoms with Crippen LogP contribution in [0.1, 0.15) is 12.6 Å². The van der Waals surface area contributed by atoms with Crippen LogP contribution >= 0.6 is 11.6 Å². The lowest BCUT2D eigenvalue weighted by Gasteiger charge is -2.15. The van der Waals surface area contributed by atoms with Gasteiger partial charge < -0.3 is 4.74 Å². The number of para-hydroxylation sites is 1. The first kappa shape index (κ1) is 19.4. The molecule has 0 saturated heterocycles. The molecule has 2 N–H and O–H groups in total. The molecular formula is C19H16ClFN4O3. The summed E-state index contributed by atoms with van der Waals surface area (Å²) < 4.78 is 20.5. The molecule has 0 aliphatic rings. The van der Waals surface area contributed by atoms with Crippen molar-refractivity contribution in [1.29, 1.82) is 0 Å². The second-order valence-electron chi connectivity index (χ2n) is 5.72. The summed E-state index contributed by atoms with van der Waals surface area (Å²) in [6, 6.07) is 11.1. The monoisotopic (exact) mass is 402 g/mol. The number of benzene rings is 1. The number of carbonyl (C=O) groups is 2. The highest BCUT2D eigenvalue weighted by Crippen LogP contribution is 2.19. The molecule has 0 bridgehead atoms. The zero-order chi connectivity index (χ0) is 20.1. The van der Waals surface area contributed by atoms with Gasteiger partial charge in [0.2, 0.25) is 0 Å².